The lowest BCUT2D eigenvalue weighted by Crippen LogP contribution is -2.54. The van der Waals surface area contributed by atoms with Gasteiger partial charge in [0, 0.05) is 25.6 Å². The van der Waals surface area contributed by atoms with Crippen LogP contribution >= 0.6 is 24.8 Å². The monoisotopic (exact) mass is 566 g/mol. The first-order valence-electron chi connectivity index (χ1n) is 11.4. The Morgan fingerprint density at radius 3 is 2.62 bits per heavy atom. The minimum Gasteiger partial charge on any atom is -0.489 e. The number of ether oxygens (including phenoxy) is 3. The Kier molecular flexibility index (Phi) is 10.9. The van der Waals surface area contributed by atoms with Crippen molar-refractivity contribution >= 4 is 36.7 Å². The van der Waals surface area contributed by atoms with Crippen molar-refractivity contribution in [1.82, 2.24) is 15.2 Å². The standard InChI is InChI=1S/C23H28F2N4O6.2ClH/c1-12(26)20-19(22(31)29-8-7-27-18(10-29)33-13(2)30)28-21(35-20)15-5-6-16(34-23(24)25)17(9-15)32-11-14-3-4-14;;/h5-6,9,12,14,18,23,27H,3-4,7-8,10-11,26H2,1-2H3;2*1H/t12-,18?;;/m0../s1. The summed E-state index contributed by atoms with van der Waals surface area (Å²) in [4.78, 5) is 30.5. The molecule has 10 nitrogen and oxygen atoms in total. The zero-order valence-electron chi connectivity index (χ0n) is 20.3. The summed E-state index contributed by atoms with van der Waals surface area (Å²) in [5, 5.41) is 3.02. The van der Waals surface area contributed by atoms with Crippen molar-refractivity contribution in [3.8, 4) is 23.0 Å². The molecule has 1 saturated carbocycles. The van der Waals surface area contributed by atoms with E-state index >= 15 is 0 Å². The number of nitrogens with two attached hydrogens (primary N) is 1. The number of aromatic nitrogens is 1. The number of piperazine rings is 1. The molecule has 206 valence electrons. The highest BCUT2D eigenvalue weighted by Gasteiger charge is 2.31. The molecule has 0 bridgehead atoms. The number of amides is 1. The summed E-state index contributed by atoms with van der Waals surface area (Å²) in [6.45, 7) is 1.26. The smallest absolute Gasteiger partial charge is 0.387 e. The number of nitrogens with zero attached hydrogens (tertiary/aromatic N) is 2. The summed E-state index contributed by atoms with van der Waals surface area (Å²) in [7, 11) is 0. The normalized spacial score (nSPS) is 17.9. The molecular weight excluding hydrogens is 537 g/mol. The maximum atomic E-state index is 13.3. The summed E-state index contributed by atoms with van der Waals surface area (Å²) in [5.74, 6) is -0.187. The fourth-order valence-electron chi connectivity index (χ4n) is 3.69. The molecule has 2 heterocycles. The number of benzene rings is 1. The largest absolute Gasteiger partial charge is 0.489 e. The topological polar surface area (TPSA) is 129 Å². The van der Waals surface area contributed by atoms with Crippen molar-refractivity contribution in [2.75, 3.05) is 26.2 Å². The maximum Gasteiger partial charge on any atom is 0.387 e. The minimum atomic E-state index is -3.00. The second-order valence-electron chi connectivity index (χ2n) is 8.62. The molecule has 1 amide bonds. The molecule has 2 atom stereocenters. The first-order valence-corrected chi connectivity index (χ1v) is 11.4. The van der Waals surface area contributed by atoms with Crippen molar-refractivity contribution in [1.29, 1.82) is 0 Å². The van der Waals surface area contributed by atoms with Gasteiger partial charge in [-0.25, -0.2) is 4.98 Å². The van der Waals surface area contributed by atoms with E-state index in [9.17, 15) is 18.4 Å². The molecule has 2 aliphatic rings. The summed E-state index contributed by atoms with van der Waals surface area (Å²) in [6.07, 6.45) is 1.42. The molecule has 0 spiro atoms. The molecule has 1 aliphatic carbocycles. The van der Waals surface area contributed by atoms with Crippen LogP contribution < -0.4 is 20.5 Å². The summed E-state index contributed by atoms with van der Waals surface area (Å²) in [6, 6.07) is 3.69. The van der Waals surface area contributed by atoms with Crippen LogP contribution in [0.25, 0.3) is 11.5 Å². The summed E-state index contributed by atoms with van der Waals surface area (Å²) in [5.41, 5.74) is 6.50. The van der Waals surface area contributed by atoms with Crippen LogP contribution in [0, 0.1) is 5.92 Å². The quantitative estimate of drug-likeness (QED) is 0.438. The maximum absolute atomic E-state index is 13.3. The van der Waals surface area contributed by atoms with E-state index in [-0.39, 0.29) is 60.2 Å². The van der Waals surface area contributed by atoms with E-state index in [1.54, 1.807) is 6.92 Å². The SMILES string of the molecule is CC(=O)OC1CN(C(=O)c2nc(-c3ccc(OC(F)F)c(OCC4CC4)c3)oc2[C@H](C)N)CCN1.Cl.Cl. The van der Waals surface area contributed by atoms with Gasteiger partial charge in [-0.2, -0.15) is 8.78 Å². The number of hydrogen-bond acceptors (Lipinski definition) is 9. The van der Waals surface area contributed by atoms with Gasteiger partial charge in [0.1, 0.15) is 0 Å². The summed E-state index contributed by atoms with van der Waals surface area (Å²) < 4.78 is 47.0. The Morgan fingerprint density at radius 1 is 1.27 bits per heavy atom. The van der Waals surface area contributed by atoms with Crippen molar-refractivity contribution in [3.63, 3.8) is 0 Å². The van der Waals surface area contributed by atoms with Gasteiger partial charge in [0.15, 0.2) is 29.2 Å². The van der Waals surface area contributed by atoms with Crippen molar-refractivity contribution in [2.45, 2.75) is 45.6 Å². The number of rotatable bonds is 9. The lowest BCUT2D eigenvalue weighted by atomic mass is 10.2. The predicted octanol–water partition coefficient (Wildman–Crippen LogP) is 3.53. The number of halogens is 4. The molecule has 14 heteroatoms. The number of oxazole rings is 1. The number of nitrogens with one attached hydrogen (secondary N) is 1. The fourth-order valence-corrected chi connectivity index (χ4v) is 3.69. The van der Waals surface area contributed by atoms with Crippen LogP contribution in [0.2, 0.25) is 0 Å². The Morgan fingerprint density at radius 2 is 2.00 bits per heavy atom. The molecule has 1 aromatic heterocycles. The van der Waals surface area contributed by atoms with E-state index < -0.39 is 30.8 Å². The first-order chi connectivity index (χ1) is 16.7. The van der Waals surface area contributed by atoms with E-state index in [4.69, 9.17) is 19.6 Å². The number of esters is 1. The fraction of sp³-hybridized carbons (Fsp3) is 0.522. The molecule has 1 aromatic carbocycles. The Balaban J connectivity index is 0.00000241. The third-order valence-electron chi connectivity index (χ3n) is 5.58. The Labute approximate surface area is 225 Å². The molecule has 4 rings (SSSR count). The molecule has 37 heavy (non-hydrogen) atoms. The number of alkyl halides is 2. The zero-order valence-corrected chi connectivity index (χ0v) is 21.9. The van der Waals surface area contributed by atoms with Crippen LogP contribution in [0.5, 0.6) is 11.5 Å². The molecule has 1 saturated heterocycles. The summed E-state index contributed by atoms with van der Waals surface area (Å²) >= 11 is 0. The first kappa shape index (κ1) is 30.6. The van der Waals surface area contributed by atoms with Crippen LogP contribution in [-0.2, 0) is 9.53 Å². The molecule has 0 radical (unpaired) electrons. The van der Waals surface area contributed by atoms with Crippen LogP contribution in [0.1, 0.15) is 49.0 Å². The van der Waals surface area contributed by atoms with Gasteiger partial charge >= 0.3 is 12.6 Å². The van der Waals surface area contributed by atoms with Gasteiger partial charge < -0.3 is 29.3 Å². The average Bonchev–Trinajstić information content (AvgIpc) is 3.52. The van der Waals surface area contributed by atoms with Gasteiger partial charge in [-0.05, 0) is 43.9 Å². The third-order valence-corrected chi connectivity index (χ3v) is 5.58. The average molecular weight is 567 g/mol. The van der Waals surface area contributed by atoms with E-state index in [2.05, 4.69) is 15.0 Å². The van der Waals surface area contributed by atoms with Crippen LogP contribution in [0.15, 0.2) is 22.6 Å². The molecule has 1 aliphatic heterocycles. The van der Waals surface area contributed by atoms with Gasteiger partial charge in [-0.1, -0.05) is 0 Å². The van der Waals surface area contributed by atoms with Gasteiger partial charge in [0.05, 0.1) is 19.2 Å². The molecule has 2 aromatic rings. The van der Waals surface area contributed by atoms with Crippen molar-refractivity contribution in [2.24, 2.45) is 11.7 Å². The molecule has 1 unspecified atom stereocenters. The van der Waals surface area contributed by atoms with Crippen LogP contribution in [0.4, 0.5) is 8.78 Å². The number of carbonyl (C=O) groups excluding carboxylic acids is 2. The zero-order chi connectivity index (χ0) is 25.1. The van der Waals surface area contributed by atoms with Crippen LogP contribution in [-0.4, -0.2) is 60.8 Å². The Hall–Kier alpha value is -2.67. The highest BCUT2D eigenvalue weighted by molar-refractivity contribution is 5.94. The second kappa shape index (κ2) is 13.2. The van der Waals surface area contributed by atoms with Crippen LogP contribution in [0.3, 0.4) is 0 Å². The van der Waals surface area contributed by atoms with Gasteiger partial charge in [0.2, 0.25) is 5.89 Å². The van der Waals surface area contributed by atoms with E-state index in [1.807, 2.05) is 0 Å². The van der Waals surface area contributed by atoms with E-state index in [0.29, 0.717) is 31.2 Å². The Bertz CT molecular complexity index is 1080. The number of hydrogen-bond donors (Lipinski definition) is 2. The highest BCUT2D eigenvalue weighted by atomic mass is 35.5. The van der Waals surface area contributed by atoms with Gasteiger partial charge in [-0.15, -0.1) is 24.8 Å². The predicted molar refractivity (Wildman–Crippen MR) is 133 cm³/mol. The van der Waals surface area contributed by atoms with E-state index in [0.717, 1.165) is 12.8 Å². The molecule has 2 fully saturated rings. The lowest BCUT2D eigenvalue weighted by Gasteiger charge is -2.32. The minimum absolute atomic E-state index is 0. The second-order valence-corrected chi connectivity index (χ2v) is 8.62. The van der Waals surface area contributed by atoms with Gasteiger partial charge in [0.25, 0.3) is 5.91 Å². The third kappa shape index (κ3) is 7.91. The van der Waals surface area contributed by atoms with Crippen molar-refractivity contribution < 1.29 is 37.0 Å². The highest BCUT2D eigenvalue weighted by Crippen LogP contribution is 2.37. The van der Waals surface area contributed by atoms with Gasteiger partial charge in [-0.3, -0.25) is 14.9 Å². The molecular formula is C23H30Cl2F2N4O6. The molecule has 3 N–H and O–H groups in total. The lowest BCUT2D eigenvalue weighted by molar-refractivity contribution is -0.149. The van der Waals surface area contributed by atoms with E-state index in [1.165, 1.54) is 30.0 Å². The number of carbonyl (C=O) groups is 2. The van der Waals surface area contributed by atoms with Crippen molar-refractivity contribution in [3.05, 3.63) is 29.7 Å².